The zero-order chi connectivity index (χ0) is 17.1. The number of oxazole rings is 1. The molecule has 1 aromatic heterocycles. The predicted molar refractivity (Wildman–Crippen MR) is 87.1 cm³/mol. The Kier molecular flexibility index (Phi) is 4.43. The van der Waals surface area contributed by atoms with Crippen molar-refractivity contribution in [3.05, 3.63) is 53.3 Å². The lowest BCUT2D eigenvalue weighted by molar-refractivity contribution is -0.142. The van der Waals surface area contributed by atoms with E-state index in [9.17, 15) is 9.18 Å². The molecule has 0 fully saturated rings. The van der Waals surface area contributed by atoms with E-state index in [1.165, 1.54) is 19.1 Å². The summed E-state index contributed by atoms with van der Waals surface area (Å²) in [6, 6.07) is 9.83. The Hall–Kier alpha value is -2.93. The molecule has 6 nitrogen and oxygen atoms in total. The molecule has 0 bridgehead atoms. The number of carbonyl (C=O) groups excluding carboxylic acids is 1. The summed E-state index contributed by atoms with van der Waals surface area (Å²) in [6.07, 6.45) is 0. The van der Waals surface area contributed by atoms with Crippen LogP contribution in [-0.2, 0) is 22.7 Å². The van der Waals surface area contributed by atoms with Gasteiger partial charge in [0.15, 0.2) is 5.58 Å². The van der Waals surface area contributed by atoms with Crippen molar-refractivity contribution in [2.45, 2.75) is 20.1 Å². The first-order valence-corrected chi connectivity index (χ1v) is 7.33. The normalized spacial score (nSPS) is 10.8. The molecule has 0 radical (unpaired) electrons. The Morgan fingerprint density at radius 2 is 2.17 bits per heavy atom. The summed E-state index contributed by atoms with van der Waals surface area (Å²) in [5.74, 6) is -0.732. The van der Waals surface area contributed by atoms with Crippen molar-refractivity contribution in [1.82, 2.24) is 4.98 Å². The largest absolute Gasteiger partial charge is 0.461 e. The average Bonchev–Trinajstić information content (AvgIpc) is 2.94. The van der Waals surface area contributed by atoms with E-state index in [1.54, 1.807) is 24.3 Å². The van der Waals surface area contributed by atoms with Gasteiger partial charge in [0.1, 0.15) is 17.9 Å². The Bertz CT molecular complexity index is 892. The van der Waals surface area contributed by atoms with Gasteiger partial charge in [0.25, 0.3) is 6.01 Å². The van der Waals surface area contributed by atoms with Crippen LogP contribution in [0, 0.1) is 5.82 Å². The minimum Gasteiger partial charge on any atom is -0.461 e. The SMILES string of the molecule is CC(=O)OCc1ccc2nc(Nc3cc(F)ccc3CN)oc2c1. The van der Waals surface area contributed by atoms with Crippen LogP contribution in [0.15, 0.2) is 40.8 Å². The molecule has 0 amide bonds. The van der Waals surface area contributed by atoms with Crippen LogP contribution in [0.25, 0.3) is 11.1 Å². The van der Waals surface area contributed by atoms with Crippen molar-refractivity contribution in [1.29, 1.82) is 0 Å². The van der Waals surface area contributed by atoms with Gasteiger partial charge in [0, 0.05) is 19.2 Å². The maximum atomic E-state index is 13.4. The molecule has 3 aromatic rings. The summed E-state index contributed by atoms with van der Waals surface area (Å²) in [5.41, 5.74) is 8.86. The third-order valence-electron chi connectivity index (χ3n) is 3.43. The Morgan fingerprint density at radius 1 is 1.33 bits per heavy atom. The number of benzene rings is 2. The zero-order valence-corrected chi connectivity index (χ0v) is 13.0. The molecule has 0 aliphatic heterocycles. The highest BCUT2D eigenvalue weighted by atomic mass is 19.1. The van der Waals surface area contributed by atoms with E-state index in [-0.39, 0.29) is 31.0 Å². The van der Waals surface area contributed by atoms with Gasteiger partial charge < -0.3 is 20.2 Å². The van der Waals surface area contributed by atoms with E-state index in [0.29, 0.717) is 16.8 Å². The molecule has 3 rings (SSSR count). The first-order chi connectivity index (χ1) is 11.5. The number of ether oxygens (including phenoxy) is 1. The van der Waals surface area contributed by atoms with E-state index in [0.717, 1.165) is 11.1 Å². The first kappa shape index (κ1) is 15.9. The van der Waals surface area contributed by atoms with Crippen LogP contribution >= 0.6 is 0 Å². The van der Waals surface area contributed by atoms with Crippen LogP contribution in [-0.4, -0.2) is 11.0 Å². The number of carbonyl (C=O) groups is 1. The van der Waals surface area contributed by atoms with E-state index in [4.69, 9.17) is 14.9 Å². The predicted octanol–water partition coefficient (Wildman–Crippen LogP) is 3.23. The van der Waals surface area contributed by atoms with Gasteiger partial charge in [-0.25, -0.2) is 4.39 Å². The van der Waals surface area contributed by atoms with E-state index >= 15 is 0 Å². The minimum absolute atomic E-state index is 0.163. The Morgan fingerprint density at radius 3 is 2.92 bits per heavy atom. The van der Waals surface area contributed by atoms with E-state index in [1.807, 2.05) is 0 Å². The number of rotatable bonds is 5. The molecule has 0 atom stereocenters. The van der Waals surface area contributed by atoms with Crippen molar-refractivity contribution in [2.75, 3.05) is 5.32 Å². The third-order valence-corrected chi connectivity index (χ3v) is 3.43. The smallest absolute Gasteiger partial charge is 0.302 e. The lowest BCUT2D eigenvalue weighted by atomic mass is 10.2. The molecule has 0 aliphatic rings. The molecule has 0 saturated heterocycles. The second kappa shape index (κ2) is 6.67. The fourth-order valence-corrected chi connectivity index (χ4v) is 2.26. The van der Waals surface area contributed by atoms with Gasteiger partial charge in [0.2, 0.25) is 0 Å². The van der Waals surface area contributed by atoms with Gasteiger partial charge in [-0.05, 0) is 35.4 Å². The maximum absolute atomic E-state index is 13.4. The molecular formula is C17H16FN3O3. The number of nitrogens with two attached hydrogens (primary N) is 1. The van der Waals surface area contributed by atoms with Gasteiger partial charge in [-0.1, -0.05) is 12.1 Å². The number of hydrogen-bond donors (Lipinski definition) is 2. The standard InChI is InChI=1S/C17H16FN3O3/c1-10(22)23-9-11-2-5-14-16(6-11)24-17(20-14)21-15-7-13(18)4-3-12(15)8-19/h2-7H,8-9,19H2,1H3,(H,20,21). The lowest BCUT2D eigenvalue weighted by Gasteiger charge is -2.07. The molecule has 3 N–H and O–H groups in total. The highest BCUT2D eigenvalue weighted by Gasteiger charge is 2.10. The quantitative estimate of drug-likeness (QED) is 0.698. The van der Waals surface area contributed by atoms with E-state index in [2.05, 4.69) is 10.3 Å². The number of fused-ring (bicyclic) bond motifs is 1. The van der Waals surface area contributed by atoms with Gasteiger partial charge >= 0.3 is 5.97 Å². The van der Waals surface area contributed by atoms with Crippen molar-refractivity contribution in [3.63, 3.8) is 0 Å². The molecular weight excluding hydrogens is 313 g/mol. The summed E-state index contributed by atoms with van der Waals surface area (Å²) < 4.78 is 24.0. The van der Waals surface area contributed by atoms with Crippen LogP contribution in [0.1, 0.15) is 18.1 Å². The topological polar surface area (TPSA) is 90.4 Å². The molecule has 7 heteroatoms. The molecule has 0 spiro atoms. The van der Waals surface area contributed by atoms with Crippen molar-refractivity contribution < 1.29 is 18.3 Å². The molecule has 0 aliphatic carbocycles. The van der Waals surface area contributed by atoms with Crippen LogP contribution in [0.5, 0.6) is 0 Å². The molecule has 124 valence electrons. The van der Waals surface area contributed by atoms with Gasteiger partial charge in [-0.2, -0.15) is 4.98 Å². The number of halogens is 1. The molecule has 24 heavy (non-hydrogen) atoms. The summed E-state index contributed by atoms with van der Waals surface area (Å²) in [5, 5.41) is 2.94. The second-order valence-electron chi connectivity index (χ2n) is 5.23. The van der Waals surface area contributed by atoms with Crippen molar-refractivity contribution >= 4 is 28.8 Å². The number of aromatic nitrogens is 1. The van der Waals surface area contributed by atoms with Crippen molar-refractivity contribution in [2.24, 2.45) is 5.73 Å². The number of nitrogens with zero attached hydrogens (tertiary/aromatic N) is 1. The first-order valence-electron chi connectivity index (χ1n) is 7.33. The van der Waals surface area contributed by atoms with Crippen LogP contribution < -0.4 is 11.1 Å². The van der Waals surface area contributed by atoms with Crippen LogP contribution in [0.3, 0.4) is 0 Å². The summed E-state index contributed by atoms with van der Waals surface area (Å²) in [6.45, 7) is 1.77. The minimum atomic E-state index is -0.380. The van der Waals surface area contributed by atoms with Crippen molar-refractivity contribution in [3.8, 4) is 0 Å². The van der Waals surface area contributed by atoms with Gasteiger partial charge in [-0.15, -0.1) is 0 Å². The van der Waals surface area contributed by atoms with E-state index < -0.39 is 0 Å². The number of anilines is 2. The Balaban J connectivity index is 1.85. The number of esters is 1. The summed E-state index contributed by atoms with van der Waals surface area (Å²) in [4.78, 5) is 15.2. The van der Waals surface area contributed by atoms with Crippen LogP contribution in [0.4, 0.5) is 16.1 Å². The highest BCUT2D eigenvalue weighted by molar-refractivity contribution is 5.76. The molecule has 0 unspecified atom stereocenters. The lowest BCUT2D eigenvalue weighted by Crippen LogP contribution is -2.02. The second-order valence-corrected chi connectivity index (χ2v) is 5.23. The number of nitrogens with one attached hydrogen (secondary N) is 1. The fourth-order valence-electron chi connectivity index (χ4n) is 2.26. The van der Waals surface area contributed by atoms with Gasteiger partial charge in [0.05, 0.1) is 0 Å². The summed E-state index contributed by atoms with van der Waals surface area (Å²) in [7, 11) is 0. The monoisotopic (exact) mass is 329 g/mol. The zero-order valence-electron chi connectivity index (χ0n) is 13.0. The third kappa shape index (κ3) is 3.52. The average molecular weight is 329 g/mol. The van der Waals surface area contributed by atoms with Gasteiger partial charge in [-0.3, -0.25) is 4.79 Å². The fraction of sp³-hybridized carbons (Fsp3) is 0.176. The number of hydrogen-bond acceptors (Lipinski definition) is 6. The van der Waals surface area contributed by atoms with Crippen LogP contribution in [0.2, 0.25) is 0 Å². The summed E-state index contributed by atoms with van der Waals surface area (Å²) >= 11 is 0. The molecule has 2 aromatic carbocycles. The maximum Gasteiger partial charge on any atom is 0.302 e. The Labute approximate surface area is 137 Å². The molecule has 1 heterocycles. The highest BCUT2D eigenvalue weighted by Crippen LogP contribution is 2.25. The molecule has 0 saturated carbocycles.